The van der Waals surface area contributed by atoms with E-state index in [4.69, 9.17) is 9.47 Å². The highest BCUT2D eigenvalue weighted by atomic mass is 16.5. The van der Waals surface area contributed by atoms with Crippen LogP contribution in [0.4, 0.5) is 5.69 Å². The van der Waals surface area contributed by atoms with Gasteiger partial charge in [-0.15, -0.1) is 0 Å². The summed E-state index contributed by atoms with van der Waals surface area (Å²) < 4.78 is 9.95. The zero-order chi connectivity index (χ0) is 15.2. The van der Waals surface area contributed by atoms with E-state index in [0.29, 0.717) is 6.54 Å². The molecule has 0 aliphatic carbocycles. The van der Waals surface area contributed by atoms with E-state index >= 15 is 0 Å². The molecule has 1 aliphatic heterocycles. The molecule has 1 aliphatic rings. The van der Waals surface area contributed by atoms with Crippen LogP contribution in [0.3, 0.4) is 0 Å². The number of carbonyl (C=O) groups is 2. The van der Waals surface area contributed by atoms with Crippen LogP contribution in [0.1, 0.15) is 19.4 Å². The molecule has 0 bridgehead atoms. The van der Waals surface area contributed by atoms with Gasteiger partial charge < -0.3 is 14.4 Å². The number of esters is 2. The van der Waals surface area contributed by atoms with Crippen LogP contribution in [-0.2, 0) is 25.5 Å². The number of rotatable bonds is 5. The molecule has 1 aromatic rings. The van der Waals surface area contributed by atoms with E-state index in [1.54, 1.807) is 13.8 Å². The number of ether oxygens (including phenoxy) is 2. The molecule has 1 aromatic carbocycles. The predicted molar refractivity (Wildman–Crippen MR) is 78.8 cm³/mol. The average molecular weight is 289 g/mol. The Kier molecular flexibility index (Phi) is 4.98. The lowest BCUT2D eigenvalue weighted by Gasteiger charge is -2.21. The van der Waals surface area contributed by atoms with E-state index in [1.807, 2.05) is 29.2 Å². The molecule has 0 fully saturated rings. The van der Waals surface area contributed by atoms with Gasteiger partial charge >= 0.3 is 11.9 Å². The maximum Gasteiger partial charge on any atom is 0.355 e. The summed E-state index contributed by atoms with van der Waals surface area (Å²) in [5.41, 5.74) is 2.30. The predicted octanol–water partition coefficient (Wildman–Crippen LogP) is 2.06. The van der Waals surface area contributed by atoms with Crippen molar-refractivity contribution < 1.29 is 19.1 Å². The first-order chi connectivity index (χ1) is 10.2. The van der Waals surface area contributed by atoms with Crippen molar-refractivity contribution in [1.29, 1.82) is 0 Å². The minimum absolute atomic E-state index is 0.222. The van der Waals surface area contributed by atoms with E-state index < -0.39 is 11.9 Å². The van der Waals surface area contributed by atoms with Gasteiger partial charge in [0.05, 0.1) is 19.3 Å². The second-order valence-electron chi connectivity index (χ2n) is 4.53. The van der Waals surface area contributed by atoms with E-state index in [9.17, 15) is 9.59 Å². The Balaban J connectivity index is 2.32. The first-order valence-corrected chi connectivity index (χ1v) is 7.08. The maximum absolute atomic E-state index is 12.1. The summed E-state index contributed by atoms with van der Waals surface area (Å²) in [5, 5.41) is 0. The van der Waals surface area contributed by atoms with Crippen molar-refractivity contribution in [3.8, 4) is 0 Å². The molecule has 0 aromatic heterocycles. The number of hydrogen-bond acceptors (Lipinski definition) is 5. The Morgan fingerprint density at radius 1 is 1.19 bits per heavy atom. The molecule has 0 saturated carbocycles. The summed E-state index contributed by atoms with van der Waals surface area (Å²) in [4.78, 5) is 25.6. The van der Waals surface area contributed by atoms with E-state index in [0.717, 1.165) is 17.7 Å². The van der Waals surface area contributed by atoms with Gasteiger partial charge in [0.15, 0.2) is 0 Å². The second kappa shape index (κ2) is 6.92. The average Bonchev–Trinajstić information content (AvgIpc) is 2.89. The largest absolute Gasteiger partial charge is 0.463 e. The third kappa shape index (κ3) is 3.42. The lowest BCUT2D eigenvalue weighted by Crippen LogP contribution is -2.28. The molecule has 1 heterocycles. The van der Waals surface area contributed by atoms with E-state index in [1.165, 1.54) is 6.08 Å². The first-order valence-electron chi connectivity index (χ1n) is 7.08. The van der Waals surface area contributed by atoms with Crippen LogP contribution in [0, 0.1) is 0 Å². The van der Waals surface area contributed by atoms with E-state index in [2.05, 4.69) is 0 Å². The monoisotopic (exact) mass is 289 g/mol. The smallest absolute Gasteiger partial charge is 0.355 e. The Hall–Kier alpha value is -2.30. The lowest BCUT2D eigenvalue weighted by atomic mass is 10.2. The molecule has 0 N–H and O–H groups in total. The number of hydrogen-bond donors (Lipinski definition) is 0. The van der Waals surface area contributed by atoms with Gasteiger partial charge in [0.2, 0.25) is 0 Å². The molecular weight excluding hydrogens is 270 g/mol. The summed E-state index contributed by atoms with van der Waals surface area (Å²) in [6.07, 6.45) is 2.04. The van der Waals surface area contributed by atoms with Crippen molar-refractivity contribution in [3.63, 3.8) is 0 Å². The summed E-state index contributed by atoms with van der Waals surface area (Å²) in [7, 11) is 0. The number of benzene rings is 1. The maximum atomic E-state index is 12.1. The number of para-hydroxylation sites is 1. The topological polar surface area (TPSA) is 55.8 Å². The van der Waals surface area contributed by atoms with Gasteiger partial charge in [-0.1, -0.05) is 18.2 Å². The van der Waals surface area contributed by atoms with Crippen molar-refractivity contribution in [3.05, 3.63) is 41.6 Å². The first kappa shape index (κ1) is 15.1. The molecule has 2 rings (SSSR count). The fraction of sp³-hybridized carbons (Fsp3) is 0.375. The van der Waals surface area contributed by atoms with Gasteiger partial charge in [-0.05, 0) is 31.9 Å². The van der Waals surface area contributed by atoms with Crippen LogP contribution in [0.2, 0.25) is 0 Å². The van der Waals surface area contributed by atoms with Crippen molar-refractivity contribution in [2.24, 2.45) is 0 Å². The third-order valence-electron chi connectivity index (χ3n) is 3.20. The molecule has 0 radical (unpaired) electrons. The number of carbonyl (C=O) groups excluding carboxylic acids is 2. The Morgan fingerprint density at radius 3 is 2.62 bits per heavy atom. The molecular formula is C16H19NO4. The molecule has 5 heteroatoms. The summed E-state index contributed by atoms with van der Waals surface area (Å²) in [6.45, 7) is 4.62. The van der Waals surface area contributed by atoms with Gasteiger partial charge in [0.1, 0.15) is 5.70 Å². The van der Waals surface area contributed by atoms with Gasteiger partial charge in [-0.3, -0.25) is 0 Å². The highest BCUT2D eigenvalue weighted by molar-refractivity contribution is 6.00. The number of nitrogens with zero attached hydrogens (tertiary/aromatic N) is 1. The second-order valence-corrected chi connectivity index (χ2v) is 4.53. The van der Waals surface area contributed by atoms with Crippen LogP contribution in [-0.4, -0.2) is 31.7 Å². The van der Waals surface area contributed by atoms with Crippen molar-refractivity contribution in [2.45, 2.75) is 20.3 Å². The molecule has 0 saturated heterocycles. The fourth-order valence-corrected chi connectivity index (χ4v) is 2.34. The highest BCUT2D eigenvalue weighted by Gasteiger charge is 2.27. The van der Waals surface area contributed by atoms with Gasteiger partial charge in [-0.25, -0.2) is 9.59 Å². The van der Waals surface area contributed by atoms with Crippen LogP contribution < -0.4 is 4.90 Å². The lowest BCUT2D eigenvalue weighted by molar-refractivity contribution is -0.141. The van der Waals surface area contributed by atoms with E-state index in [-0.39, 0.29) is 18.9 Å². The third-order valence-corrected chi connectivity index (χ3v) is 3.20. The fourth-order valence-electron chi connectivity index (χ4n) is 2.34. The highest BCUT2D eigenvalue weighted by Crippen LogP contribution is 2.31. The van der Waals surface area contributed by atoms with Crippen LogP contribution in [0.25, 0.3) is 0 Å². The standard InChI is InChI=1S/C16H19NO4/c1-3-20-15(18)11-14(16(19)21-4-2)17-10-9-12-7-5-6-8-13(12)17/h5-8,11H,3-4,9-10H2,1-2H3. The zero-order valence-corrected chi connectivity index (χ0v) is 12.3. The Morgan fingerprint density at radius 2 is 1.90 bits per heavy atom. The Bertz CT molecular complexity index is 565. The zero-order valence-electron chi connectivity index (χ0n) is 12.3. The molecule has 112 valence electrons. The van der Waals surface area contributed by atoms with Crippen LogP contribution in [0.15, 0.2) is 36.0 Å². The normalized spacial score (nSPS) is 13.8. The van der Waals surface area contributed by atoms with Gasteiger partial charge in [-0.2, -0.15) is 0 Å². The van der Waals surface area contributed by atoms with Crippen molar-refractivity contribution in [2.75, 3.05) is 24.7 Å². The molecule has 5 nitrogen and oxygen atoms in total. The Labute approximate surface area is 124 Å². The SMILES string of the molecule is CCOC(=O)C=C(C(=O)OCC)N1CCc2ccccc21. The van der Waals surface area contributed by atoms with Crippen molar-refractivity contribution in [1.82, 2.24) is 0 Å². The van der Waals surface area contributed by atoms with Crippen LogP contribution >= 0.6 is 0 Å². The summed E-state index contributed by atoms with van der Waals surface area (Å²) in [5.74, 6) is -1.05. The number of fused-ring (bicyclic) bond motifs is 1. The summed E-state index contributed by atoms with van der Waals surface area (Å²) >= 11 is 0. The number of anilines is 1. The molecule has 0 spiro atoms. The molecule has 0 unspecified atom stereocenters. The molecule has 21 heavy (non-hydrogen) atoms. The van der Waals surface area contributed by atoms with Gasteiger partial charge in [0, 0.05) is 12.2 Å². The molecule has 0 amide bonds. The van der Waals surface area contributed by atoms with Gasteiger partial charge in [0.25, 0.3) is 0 Å². The van der Waals surface area contributed by atoms with Crippen LogP contribution in [0.5, 0.6) is 0 Å². The summed E-state index contributed by atoms with van der Waals surface area (Å²) in [6, 6.07) is 7.81. The minimum Gasteiger partial charge on any atom is -0.463 e. The quantitative estimate of drug-likeness (QED) is 0.613. The van der Waals surface area contributed by atoms with Crippen molar-refractivity contribution >= 4 is 17.6 Å². The molecule has 0 atom stereocenters. The minimum atomic E-state index is -0.537.